The molecule has 2 heteroatoms. The van der Waals surface area contributed by atoms with Crippen molar-refractivity contribution in [2.24, 2.45) is 0 Å². The van der Waals surface area contributed by atoms with E-state index in [0.717, 1.165) is 17.5 Å². The third kappa shape index (κ3) is 1.53. The zero-order chi connectivity index (χ0) is 12.6. The second-order valence-electron chi connectivity index (χ2n) is 4.62. The van der Waals surface area contributed by atoms with Crippen molar-refractivity contribution in [3.8, 4) is 0 Å². The van der Waals surface area contributed by atoms with Crippen molar-refractivity contribution in [3.05, 3.63) is 71.3 Å². The molecule has 18 heavy (non-hydrogen) atoms. The predicted octanol–water partition coefficient (Wildman–Crippen LogP) is 3.05. The van der Waals surface area contributed by atoms with Crippen LogP contribution in [0.5, 0.6) is 0 Å². The molecule has 1 atom stereocenters. The van der Waals surface area contributed by atoms with Crippen LogP contribution in [-0.2, 0) is 21.6 Å². The molecule has 1 aliphatic rings. The summed E-state index contributed by atoms with van der Waals surface area (Å²) in [6.45, 7) is 1.46. The Morgan fingerprint density at radius 3 is 2.39 bits per heavy atom. The van der Waals surface area contributed by atoms with E-state index < -0.39 is 5.60 Å². The summed E-state index contributed by atoms with van der Waals surface area (Å²) in [7, 11) is 0. The van der Waals surface area contributed by atoms with Crippen LogP contribution in [0.3, 0.4) is 0 Å². The summed E-state index contributed by atoms with van der Waals surface area (Å²) >= 11 is 0. The average Bonchev–Trinajstić information content (AvgIpc) is 2.36. The van der Waals surface area contributed by atoms with E-state index in [1.54, 1.807) is 0 Å². The van der Waals surface area contributed by atoms with Crippen molar-refractivity contribution in [3.63, 3.8) is 0 Å². The summed E-state index contributed by atoms with van der Waals surface area (Å²) in [6.07, 6.45) is 0.757. The summed E-state index contributed by atoms with van der Waals surface area (Å²) in [4.78, 5) is 11.4. The summed E-state index contributed by atoms with van der Waals surface area (Å²) in [5.41, 5.74) is 2.82. The van der Waals surface area contributed by atoms with Gasteiger partial charge >= 0.3 is 5.97 Å². The molecule has 0 unspecified atom stereocenters. The highest BCUT2D eigenvalue weighted by Gasteiger charge is 2.46. The van der Waals surface area contributed by atoms with Gasteiger partial charge < -0.3 is 4.74 Å². The van der Waals surface area contributed by atoms with Crippen LogP contribution in [0, 0.1) is 0 Å². The number of carbonyl (C=O) groups is 1. The zero-order valence-electron chi connectivity index (χ0n) is 10.2. The number of hydrogen-bond acceptors (Lipinski definition) is 2. The SMILES string of the molecule is CC(=O)O[C@@]1(c2ccccc2)Cc2ccccc21. The van der Waals surface area contributed by atoms with Gasteiger partial charge in [-0.25, -0.2) is 0 Å². The number of benzene rings is 2. The minimum atomic E-state index is -0.580. The fraction of sp³-hybridized carbons (Fsp3) is 0.188. The van der Waals surface area contributed by atoms with Gasteiger partial charge in [0.1, 0.15) is 0 Å². The highest BCUT2D eigenvalue weighted by molar-refractivity contribution is 5.69. The number of fused-ring (bicyclic) bond motifs is 1. The Bertz CT molecular complexity index is 589. The van der Waals surface area contributed by atoms with Crippen LogP contribution in [0.4, 0.5) is 0 Å². The first-order valence-electron chi connectivity index (χ1n) is 6.06. The third-order valence-electron chi connectivity index (χ3n) is 3.45. The smallest absolute Gasteiger partial charge is 0.303 e. The van der Waals surface area contributed by atoms with E-state index in [1.165, 1.54) is 12.5 Å². The van der Waals surface area contributed by atoms with E-state index in [-0.39, 0.29) is 5.97 Å². The van der Waals surface area contributed by atoms with Gasteiger partial charge in [0.05, 0.1) is 0 Å². The second kappa shape index (κ2) is 3.98. The van der Waals surface area contributed by atoms with E-state index >= 15 is 0 Å². The summed E-state index contributed by atoms with van der Waals surface area (Å²) < 4.78 is 5.65. The topological polar surface area (TPSA) is 26.3 Å². The van der Waals surface area contributed by atoms with Gasteiger partial charge in [0.25, 0.3) is 0 Å². The first-order chi connectivity index (χ1) is 8.72. The number of carbonyl (C=O) groups excluding carboxylic acids is 1. The maximum Gasteiger partial charge on any atom is 0.303 e. The highest BCUT2D eigenvalue weighted by atomic mass is 16.6. The van der Waals surface area contributed by atoms with Gasteiger partial charge in [-0.15, -0.1) is 0 Å². The van der Waals surface area contributed by atoms with Crippen LogP contribution < -0.4 is 0 Å². The molecule has 0 fully saturated rings. The van der Waals surface area contributed by atoms with Crippen molar-refractivity contribution in [1.29, 1.82) is 0 Å². The maximum atomic E-state index is 11.4. The summed E-state index contributed by atoms with van der Waals surface area (Å²) in [6, 6.07) is 18.1. The molecular formula is C16H14O2. The minimum absolute atomic E-state index is 0.242. The number of esters is 1. The highest BCUT2D eigenvalue weighted by Crippen LogP contribution is 2.47. The fourth-order valence-corrected chi connectivity index (χ4v) is 2.69. The lowest BCUT2D eigenvalue weighted by Gasteiger charge is -2.43. The van der Waals surface area contributed by atoms with Crippen LogP contribution in [0.25, 0.3) is 0 Å². The van der Waals surface area contributed by atoms with Crippen molar-refractivity contribution in [1.82, 2.24) is 0 Å². The summed E-state index contributed by atoms with van der Waals surface area (Å²) in [5.74, 6) is -0.242. The van der Waals surface area contributed by atoms with Gasteiger partial charge in [-0.3, -0.25) is 4.79 Å². The minimum Gasteiger partial charge on any atom is -0.449 e. The average molecular weight is 238 g/mol. The van der Waals surface area contributed by atoms with Crippen molar-refractivity contribution < 1.29 is 9.53 Å². The molecule has 0 bridgehead atoms. The Morgan fingerprint density at radius 2 is 1.72 bits per heavy atom. The standard InChI is InChI=1S/C16H14O2/c1-12(17)18-16(14-8-3-2-4-9-14)11-13-7-5-6-10-15(13)16/h2-10H,11H2,1H3/t16-/m1/s1. The molecule has 0 saturated carbocycles. The molecule has 0 radical (unpaired) electrons. The van der Waals surface area contributed by atoms with Crippen LogP contribution in [0.15, 0.2) is 54.6 Å². The van der Waals surface area contributed by atoms with Gasteiger partial charge in [-0.05, 0) is 5.56 Å². The van der Waals surface area contributed by atoms with Crippen molar-refractivity contribution in [2.45, 2.75) is 18.9 Å². The molecule has 0 saturated heterocycles. The van der Waals surface area contributed by atoms with Crippen LogP contribution in [-0.4, -0.2) is 5.97 Å². The van der Waals surface area contributed by atoms with Crippen molar-refractivity contribution in [2.75, 3.05) is 0 Å². The lowest BCUT2D eigenvalue weighted by molar-refractivity contribution is -0.156. The lowest BCUT2D eigenvalue weighted by atomic mass is 9.69. The largest absolute Gasteiger partial charge is 0.449 e. The van der Waals surface area contributed by atoms with Gasteiger partial charge in [0, 0.05) is 24.5 Å². The maximum absolute atomic E-state index is 11.4. The molecule has 2 aromatic rings. The van der Waals surface area contributed by atoms with E-state index in [2.05, 4.69) is 6.07 Å². The molecule has 90 valence electrons. The molecule has 0 spiro atoms. The second-order valence-corrected chi connectivity index (χ2v) is 4.62. The third-order valence-corrected chi connectivity index (χ3v) is 3.45. The Hall–Kier alpha value is -2.09. The zero-order valence-corrected chi connectivity index (χ0v) is 10.2. The first kappa shape index (κ1) is 11.0. The van der Waals surface area contributed by atoms with Crippen molar-refractivity contribution >= 4 is 5.97 Å². The molecule has 1 aliphatic carbocycles. The van der Waals surface area contributed by atoms with Gasteiger partial charge in [-0.1, -0.05) is 54.6 Å². The van der Waals surface area contributed by atoms with Gasteiger partial charge in [-0.2, -0.15) is 0 Å². The molecule has 0 aliphatic heterocycles. The Kier molecular flexibility index (Phi) is 2.44. The lowest BCUT2D eigenvalue weighted by Crippen LogP contribution is -2.43. The number of hydrogen-bond donors (Lipinski definition) is 0. The molecule has 0 aromatic heterocycles. The number of rotatable bonds is 2. The van der Waals surface area contributed by atoms with Gasteiger partial charge in [0.2, 0.25) is 0 Å². The predicted molar refractivity (Wildman–Crippen MR) is 69.1 cm³/mol. The normalized spacial score (nSPS) is 20.7. The monoisotopic (exact) mass is 238 g/mol. The molecule has 2 nitrogen and oxygen atoms in total. The quantitative estimate of drug-likeness (QED) is 0.752. The van der Waals surface area contributed by atoms with E-state index in [9.17, 15) is 4.79 Å². The molecule has 0 heterocycles. The Labute approximate surface area is 106 Å². The Morgan fingerprint density at radius 1 is 1.06 bits per heavy atom. The van der Waals surface area contributed by atoms with Crippen LogP contribution in [0.1, 0.15) is 23.6 Å². The molecular weight excluding hydrogens is 224 g/mol. The van der Waals surface area contributed by atoms with Crippen LogP contribution >= 0.6 is 0 Å². The fourth-order valence-electron chi connectivity index (χ4n) is 2.69. The van der Waals surface area contributed by atoms with Gasteiger partial charge in [0.15, 0.2) is 5.60 Å². The molecule has 2 aromatic carbocycles. The first-order valence-corrected chi connectivity index (χ1v) is 6.06. The van der Waals surface area contributed by atoms with E-state index in [4.69, 9.17) is 4.74 Å². The number of ether oxygens (including phenoxy) is 1. The van der Waals surface area contributed by atoms with E-state index in [0.29, 0.717) is 0 Å². The molecule has 0 N–H and O–H groups in total. The van der Waals surface area contributed by atoms with E-state index in [1.807, 2.05) is 48.5 Å². The molecule has 3 rings (SSSR count). The Balaban J connectivity index is 2.11. The molecule has 0 amide bonds. The summed E-state index contributed by atoms with van der Waals surface area (Å²) in [5, 5.41) is 0. The van der Waals surface area contributed by atoms with Crippen LogP contribution in [0.2, 0.25) is 0 Å².